The first-order chi connectivity index (χ1) is 16.2. The summed E-state index contributed by atoms with van der Waals surface area (Å²) in [5.74, 6) is 2.85. The lowest BCUT2D eigenvalue weighted by atomic mass is 9.87. The Kier molecular flexibility index (Phi) is 7.40. The number of aromatic nitrogens is 1. The quantitative estimate of drug-likeness (QED) is 0.378. The van der Waals surface area contributed by atoms with Crippen LogP contribution < -0.4 is 14.5 Å². The van der Waals surface area contributed by atoms with Crippen molar-refractivity contribution in [3.05, 3.63) is 90.1 Å². The van der Waals surface area contributed by atoms with Crippen molar-refractivity contribution < 1.29 is 9.47 Å². The highest BCUT2D eigenvalue weighted by Crippen LogP contribution is 2.40. The maximum Gasteiger partial charge on any atom is 0.149 e. The van der Waals surface area contributed by atoms with Crippen molar-refractivity contribution >= 4 is 17.6 Å². The molecule has 1 aromatic heterocycles. The zero-order chi connectivity index (χ0) is 23.0. The Morgan fingerprint density at radius 2 is 1.48 bits per heavy atom. The van der Waals surface area contributed by atoms with Crippen molar-refractivity contribution in [1.82, 2.24) is 4.98 Å². The number of hydrogen-bond acceptors (Lipinski definition) is 5. The predicted octanol–water partition coefficient (Wildman–Crippen LogP) is 6.54. The minimum Gasteiger partial charge on any atom is -0.494 e. The summed E-state index contributed by atoms with van der Waals surface area (Å²) in [7, 11) is 0. The Balaban J connectivity index is 1.65. The third-order valence-electron chi connectivity index (χ3n) is 5.74. The Morgan fingerprint density at radius 3 is 2.06 bits per heavy atom. The summed E-state index contributed by atoms with van der Waals surface area (Å²) in [4.78, 5) is 4.59. The fourth-order valence-corrected chi connectivity index (χ4v) is 4.19. The minimum atomic E-state index is 0.0700. The number of anilines is 1. The molecule has 170 valence electrons. The summed E-state index contributed by atoms with van der Waals surface area (Å²) in [6.07, 6.45) is 7.03. The number of benzene rings is 2. The van der Waals surface area contributed by atoms with Crippen molar-refractivity contribution in [2.75, 3.05) is 18.2 Å². The molecule has 2 heterocycles. The standard InChI is InChI=1S/C28H31N3O2/c1-4-25-26(19-12-21-10-15-23(16-11-21)32-5-2)30-31(27-9-7-8-20-29-27)28(25)22-13-17-24(18-14-22)33-6-3/h7-20,25,28H,4-6H2,1-3H3. The Hall–Kier alpha value is -3.60. The molecule has 5 nitrogen and oxygen atoms in total. The van der Waals surface area contributed by atoms with E-state index in [0.717, 1.165) is 35.0 Å². The summed E-state index contributed by atoms with van der Waals surface area (Å²) in [5, 5.41) is 7.09. The summed E-state index contributed by atoms with van der Waals surface area (Å²) in [6, 6.07) is 22.5. The van der Waals surface area contributed by atoms with Gasteiger partial charge in [-0.25, -0.2) is 9.99 Å². The molecule has 4 rings (SSSR count). The molecule has 0 radical (unpaired) electrons. The first-order valence-electron chi connectivity index (χ1n) is 11.7. The average Bonchev–Trinajstić information content (AvgIpc) is 3.23. The second kappa shape index (κ2) is 10.8. The van der Waals surface area contributed by atoms with Crippen LogP contribution in [0.1, 0.15) is 44.4 Å². The van der Waals surface area contributed by atoms with Crippen LogP contribution in [0.15, 0.2) is 84.1 Å². The van der Waals surface area contributed by atoms with Crippen LogP contribution in [0.2, 0.25) is 0 Å². The molecule has 0 aliphatic carbocycles. The van der Waals surface area contributed by atoms with Gasteiger partial charge in [0.25, 0.3) is 0 Å². The second-order valence-electron chi connectivity index (χ2n) is 7.85. The number of ether oxygens (including phenoxy) is 2. The highest BCUT2D eigenvalue weighted by atomic mass is 16.5. The number of rotatable bonds is 9. The predicted molar refractivity (Wildman–Crippen MR) is 135 cm³/mol. The summed E-state index contributed by atoms with van der Waals surface area (Å²) in [6.45, 7) is 7.53. The van der Waals surface area contributed by atoms with Gasteiger partial charge >= 0.3 is 0 Å². The molecule has 0 saturated carbocycles. The van der Waals surface area contributed by atoms with E-state index < -0.39 is 0 Å². The Bertz CT molecular complexity index is 1080. The van der Waals surface area contributed by atoms with Gasteiger partial charge in [0, 0.05) is 12.1 Å². The van der Waals surface area contributed by atoms with Gasteiger partial charge in [-0.05, 0) is 73.9 Å². The molecule has 5 heteroatoms. The van der Waals surface area contributed by atoms with E-state index in [2.05, 4.69) is 53.3 Å². The number of hydrogen-bond donors (Lipinski definition) is 0. The molecule has 1 aliphatic heterocycles. The monoisotopic (exact) mass is 441 g/mol. The molecule has 33 heavy (non-hydrogen) atoms. The van der Waals surface area contributed by atoms with Gasteiger partial charge in [-0.15, -0.1) is 0 Å². The molecular weight excluding hydrogens is 410 g/mol. The Morgan fingerprint density at radius 1 is 0.818 bits per heavy atom. The first kappa shape index (κ1) is 22.6. The van der Waals surface area contributed by atoms with E-state index in [1.54, 1.807) is 0 Å². The van der Waals surface area contributed by atoms with Crippen LogP contribution in [-0.2, 0) is 0 Å². The van der Waals surface area contributed by atoms with E-state index in [9.17, 15) is 0 Å². The molecular formula is C28H31N3O2. The highest BCUT2D eigenvalue weighted by molar-refractivity contribution is 6.02. The second-order valence-corrected chi connectivity index (χ2v) is 7.85. The molecule has 3 aromatic rings. The van der Waals surface area contributed by atoms with E-state index in [4.69, 9.17) is 14.6 Å². The maximum atomic E-state index is 5.65. The van der Waals surface area contributed by atoms with E-state index in [0.29, 0.717) is 13.2 Å². The van der Waals surface area contributed by atoms with Crippen molar-refractivity contribution in [2.24, 2.45) is 11.0 Å². The summed E-state index contributed by atoms with van der Waals surface area (Å²) < 4.78 is 11.2. The van der Waals surface area contributed by atoms with E-state index in [1.807, 2.05) is 62.5 Å². The zero-order valence-corrected chi connectivity index (χ0v) is 19.5. The smallest absolute Gasteiger partial charge is 0.149 e. The van der Waals surface area contributed by atoms with Crippen LogP contribution in [0, 0.1) is 5.92 Å². The van der Waals surface area contributed by atoms with Crippen LogP contribution >= 0.6 is 0 Å². The average molecular weight is 442 g/mol. The van der Waals surface area contributed by atoms with Crippen molar-refractivity contribution in [3.8, 4) is 11.5 Å². The van der Waals surface area contributed by atoms with Gasteiger partial charge in [0.15, 0.2) is 0 Å². The molecule has 1 aliphatic rings. The van der Waals surface area contributed by atoms with Crippen molar-refractivity contribution in [1.29, 1.82) is 0 Å². The fraction of sp³-hybridized carbons (Fsp3) is 0.286. The summed E-state index contributed by atoms with van der Waals surface area (Å²) in [5.41, 5.74) is 3.37. The molecule has 0 fully saturated rings. The van der Waals surface area contributed by atoms with Gasteiger partial charge < -0.3 is 9.47 Å². The minimum absolute atomic E-state index is 0.0700. The Labute approximate surface area is 196 Å². The molecule has 0 spiro atoms. The molecule has 2 atom stereocenters. The van der Waals surface area contributed by atoms with Crippen molar-refractivity contribution in [2.45, 2.75) is 33.2 Å². The van der Waals surface area contributed by atoms with E-state index in [-0.39, 0.29) is 12.0 Å². The molecule has 0 N–H and O–H groups in total. The molecule has 0 amide bonds. The lowest BCUT2D eigenvalue weighted by Crippen LogP contribution is -2.25. The number of pyridine rings is 1. The molecule has 2 aromatic carbocycles. The summed E-state index contributed by atoms with van der Waals surface area (Å²) >= 11 is 0. The van der Waals surface area contributed by atoms with Crippen LogP contribution in [-0.4, -0.2) is 23.9 Å². The fourth-order valence-electron chi connectivity index (χ4n) is 4.19. The topological polar surface area (TPSA) is 47.0 Å². The van der Waals surface area contributed by atoms with Crippen LogP contribution in [0.25, 0.3) is 6.08 Å². The van der Waals surface area contributed by atoms with Gasteiger partial charge in [0.1, 0.15) is 17.3 Å². The van der Waals surface area contributed by atoms with Crippen LogP contribution in [0.5, 0.6) is 11.5 Å². The lowest BCUT2D eigenvalue weighted by molar-refractivity contribution is 0.340. The van der Waals surface area contributed by atoms with Gasteiger partial charge in [0.05, 0.1) is 25.0 Å². The van der Waals surface area contributed by atoms with E-state index in [1.165, 1.54) is 5.56 Å². The third kappa shape index (κ3) is 5.25. The maximum absolute atomic E-state index is 5.65. The van der Waals surface area contributed by atoms with Gasteiger partial charge in [-0.2, -0.15) is 5.10 Å². The van der Waals surface area contributed by atoms with Gasteiger partial charge in [-0.1, -0.05) is 43.3 Å². The van der Waals surface area contributed by atoms with Crippen LogP contribution in [0.4, 0.5) is 5.82 Å². The zero-order valence-electron chi connectivity index (χ0n) is 19.5. The van der Waals surface area contributed by atoms with E-state index >= 15 is 0 Å². The third-order valence-corrected chi connectivity index (χ3v) is 5.74. The van der Waals surface area contributed by atoms with Gasteiger partial charge in [-0.3, -0.25) is 0 Å². The largest absolute Gasteiger partial charge is 0.494 e. The SMILES string of the molecule is CCOc1ccc(C=CC2=NN(c3ccccn3)C(c3ccc(OCC)cc3)C2CC)cc1. The first-order valence-corrected chi connectivity index (χ1v) is 11.7. The number of nitrogens with zero attached hydrogens (tertiary/aromatic N) is 3. The lowest BCUT2D eigenvalue weighted by Gasteiger charge is -2.27. The van der Waals surface area contributed by atoms with Crippen LogP contribution in [0.3, 0.4) is 0 Å². The molecule has 2 unspecified atom stereocenters. The molecule has 0 saturated heterocycles. The highest BCUT2D eigenvalue weighted by Gasteiger charge is 2.37. The number of hydrazone groups is 1. The number of allylic oxidation sites excluding steroid dienone is 1. The normalized spacial score (nSPS) is 17.9. The van der Waals surface area contributed by atoms with Gasteiger partial charge in [0.2, 0.25) is 0 Å². The molecule has 0 bridgehead atoms. The van der Waals surface area contributed by atoms with Crippen molar-refractivity contribution in [3.63, 3.8) is 0 Å².